The lowest BCUT2D eigenvalue weighted by Gasteiger charge is -2.30. The summed E-state index contributed by atoms with van der Waals surface area (Å²) in [7, 11) is 0. The Bertz CT molecular complexity index is 1980. The fourth-order valence-electron chi connectivity index (χ4n) is 6.54. The first-order valence-electron chi connectivity index (χ1n) is 20.0. The standard InChI is InChI=1S/C39H55N11O13/c1-4-19(2)32(37(60)43-17-30(53)46-25(12-21-7-9-23(51)10-8-21)35(58)48-27(39(62)63)15-31(54)55)49-36(59)28-6-5-11-50(28)38(61)20(3)45-34(57)26(14-29(41)52)47-33(56)24(40)13-22-16-42-18-44-22/h7-10,16,18-20,24-28,32,51H,4-6,11-15,17,40H2,1-3H3,(H2,41,52)(H,42,44)(H,43,60)(H,45,57)(H,46,53)(H,47,56)(H,48,58)(H,49,59)(H,54,55)(H,62,63)/t19-,20-,24-,25-,26-,27-,28-,32-/m0/s1. The fourth-order valence-corrected chi connectivity index (χ4v) is 6.54. The lowest BCUT2D eigenvalue weighted by molar-refractivity contribution is -0.147. The predicted octanol–water partition coefficient (Wildman–Crippen LogP) is -3.74. The molecule has 1 fully saturated rings. The molecule has 1 aliphatic heterocycles. The Hall–Kier alpha value is -7.11. The number of carbonyl (C=O) groups is 10. The number of amides is 8. The Labute approximate surface area is 361 Å². The molecule has 1 aliphatic rings. The summed E-state index contributed by atoms with van der Waals surface area (Å²) in [6.07, 6.45) is 2.09. The van der Waals surface area contributed by atoms with Gasteiger partial charge in [-0.3, -0.25) is 43.2 Å². The third-order valence-electron chi connectivity index (χ3n) is 10.2. The number of imidazole rings is 1. The molecule has 8 amide bonds. The third kappa shape index (κ3) is 15.7. The van der Waals surface area contributed by atoms with E-state index in [1.54, 1.807) is 13.8 Å². The molecular weight excluding hydrogens is 830 g/mol. The summed E-state index contributed by atoms with van der Waals surface area (Å²) in [5.41, 5.74) is 12.3. The quantitative estimate of drug-likeness (QED) is 0.0482. The van der Waals surface area contributed by atoms with Crippen molar-refractivity contribution in [1.82, 2.24) is 46.8 Å². The van der Waals surface area contributed by atoms with Crippen LogP contribution in [0.5, 0.6) is 5.75 Å². The van der Waals surface area contributed by atoms with Gasteiger partial charge in [-0.05, 0) is 43.4 Å². The van der Waals surface area contributed by atoms with Crippen LogP contribution in [0.15, 0.2) is 36.8 Å². The molecule has 1 aromatic carbocycles. The zero-order chi connectivity index (χ0) is 47.0. The Morgan fingerprint density at radius 3 is 2.08 bits per heavy atom. The molecule has 63 heavy (non-hydrogen) atoms. The molecule has 8 atom stereocenters. The highest BCUT2D eigenvalue weighted by Crippen LogP contribution is 2.20. The summed E-state index contributed by atoms with van der Waals surface area (Å²) in [6, 6.07) is -3.92. The number of carbonyl (C=O) groups excluding carboxylic acids is 8. The molecule has 0 spiro atoms. The van der Waals surface area contributed by atoms with Crippen LogP contribution in [0.3, 0.4) is 0 Å². The molecule has 1 saturated heterocycles. The number of carboxylic acid groups (broad SMARTS) is 2. The van der Waals surface area contributed by atoms with E-state index in [1.165, 1.54) is 48.6 Å². The van der Waals surface area contributed by atoms with Gasteiger partial charge in [0.25, 0.3) is 0 Å². The fraction of sp³-hybridized carbons (Fsp3) is 0.513. The number of hydrogen-bond donors (Lipinski definition) is 12. The first kappa shape index (κ1) is 50.2. The van der Waals surface area contributed by atoms with Crippen molar-refractivity contribution in [3.05, 3.63) is 48.0 Å². The number of rotatable bonds is 24. The van der Waals surface area contributed by atoms with E-state index in [0.717, 1.165) is 0 Å². The molecule has 1 aromatic heterocycles. The first-order valence-corrected chi connectivity index (χ1v) is 20.0. The lowest BCUT2D eigenvalue weighted by Crippen LogP contribution is -2.59. The molecule has 2 aromatic rings. The number of aromatic nitrogens is 2. The third-order valence-corrected chi connectivity index (χ3v) is 10.2. The van der Waals surface area contributed by atoms with E-state index in [-0.39, 0.29) is 31.6 Å². The van der Waals surface area contributed by atoms with Gasteiger partial charge in [0.2, 0.25) is 47.3 Å². The Morgan fingerprint density at radius 1 is 0.841 bits per heavy atom. The van der Waals surface area contributed by atoms with Crippen molar-refractivity contribution in [2.45, 2.75) is 108 Å². The van der Waals surface area contributed by atoms with E-state index in [1.807, 2.05) is 0 Å². The SMILES string of the molecule is CC[C@H](C)[C@H](NC(=O)[C@@H]1CCCN1C(=O)[C@H](C)NC(=O)[C@H](CC(N)=O)NC(=O)[C@@H](N)Cc1cnc[nH]1)C(=O)NCC(=O)N[C@@H](Cc1ccc(O)cc1)C(=O)N[C@@H](CC(=O)O)C(=O)O. The predicted molar refractivity (Wildman–Crippen MR) is 218 cm³/mol. The number of carboxylic acids is 2. The van der Waals surface area contributed by atoms with E-state index in [9.17, 15) is 58.2 Å². The maximum Gasteiger partial charge on any atom is 0.326 e. The Kier molecular flexibility index (Phi) is 19.0. The van der Waals surface area contributed by atoms with E-state index in [0.29, 0.717) is 24.1 Å². The number of phenols is 1. The van der Waals surface area contributed by atoms with Crippen molar-refractivity contribution in [3.63, 3.8) is 0 Å². The van der Waals surface area contributed by atoms with E-state index in [2.05, 4.69) is 41.9 Å². The highest BCUT2D eigenvalue weighted by atomic mass is 16.4. The van der Waals surface area contributed by atoms with Gasteiger partial charge < -0.3 is 68.6 Å². The smallest absolute Gasteiger partial charge is 0.326 e. The number of aliphatic carboxylic acids is 2. The van der Waals surface area contributed by atoms with Crippen LogP contribution in [0.1, 0.15) is 64.1 Å². The van der Waals surface area contributed by atoms with Crippen LogP contribution in [0, 0.1) is 5.92 Å². The van der Waals surface area contributed by atoms with Gasteiger partial charge in [-0.15, -0.1) is 0 Å². The van der Waals surface area contributed by atoms with Crippen molar-refractivity contribution >= 4 is 59.2 Å². The molecule has 3 rings (SSSR count). The molecule has 2 heterocycles. The molecular formula is C39H55N11O13. The van der Waals surface area contributed by atoms with E-state index < -0.39 is 127 Å². The Balaban J connectivity index is 1.65. The number of aromatic amines is 1. The Morgan fingerprint density at radius 2 is 1.49 bits per heavy atom. The van der Waals surface area contributed by atoms with Crippen molar-refractivity contribution in [3.8, 4) is 5.75 Å². The maximum absolute atomic E-state index is 13.7. The van der Waals surface area contributed by atoms with E-state index >= 15 is 0 Å². The van der Waals surface area contributed by atoms with Gasteiger partial charge in [0.15, 0.2) is 0 Å². The number of phenolic OH excluding ortho intramolecular Hbond substituents is 1. The van der Waals surface area contributed by atoms with E-state index in [4.69, 9.17) is 16.6 Å². The average Bonchev–Trinajstić information content (AvgIpc) is 3.94. The van der Waals surface area contributed by atoms with Crippen LogP contribution in [-0.4, -0.2) is 145 Å². The summed E-state index contributed by atoms with van der Waals surface area (Å²) < 4.78 is 0. The summed E-state index contributed by atoms with van der Waals surface area (Å²) in [5, 5.41) is 42.5. The zero-order valence-corrected chi connectivity index (χ0v) is 34.9. The second-order valence-corrected chi connectivity index (χ2v) is 15.1. The number of likely N-dealkylation sites (tertiary alicyclic amines) is 1. The first-order chi connectivity index (χ1) is 29.7. The average molecular weight is 886 g/mol. The number of H-pyrrole nitrogens is 1. The number of nitrogens with two attached hydrogens (primary N) is 2. The van der Waals surface area contributed by atoms with Crippen molar-refractivity contribution in [2.24, 2.45) is 17.4 Å². The van der Waals surface area contributed by atoms with Gasteiger partial charge in [0, 0.05) is 31.3 Å². The van der Waals surface area contributed by atoms with Crippen LogP contribution in [0.25, 0.3) is 0 Å². The second kappa shape index (κ2) is 23.8. The minimum absolute atomic E-state index is 0.0408. The molecule has 0 radical (unpaired) electrons. The number of hydrogen-bond acceptors (Lipinski definition) is 13. The van der Waals surface area contributed by atoms with Crippen LogP contribution >= 0.6 is 0 Å². The van der Waals surface area contributed by atoms with Gasteiger partial charge in [-0.25, -0.2) is 9.78 Å². The van der Waals surface area contributed by atoms with Gasteiger partial charge >= 0.3 is 11.9 Å². The monoisotopic (exact) mass is 885 g/mol. The largest absolute Gasteiger partial charge is 0.508 e. The van der Waals surface area contributed by atoms with Crippen LogP contribution in [-0.2, 0) is 60.8 Å². The van der Waals surface area contributed by atoms with Crippen molar-refractivity contribution in [1.29, 1.82) is 0 Å². The van der Waals surface area contributed by atoms with Crippen molar-refractivity contribution in [2.75, 3.05) is 13.1 Å². The number of primary amides is 1. The number of nitrogens with one attached hydrogen (secondary N) is 7. The minimum Gasteiger partial charge on any atom is -0.508 e. The molecule has 0 bridgehead atoms. The molecule has 0 unspecified atom stereocenters. The molecule has 24 heteroatoms. The second-order valence-electron chi connectivity index (χ2n) is 15.1. The summed E-state index contributed by atoms with van der Waals surface area (Å²) >= 11 is 0. The molecule has 14 N–H and O–H groups in total. The maximum atomic E-state index is 13.7. The summed E-state index contributed by atoms with van der Waals surface area (Å²) in [6.45, 7) is 4.17. The summed E-state index contributed by atoms with van der Waals surface area (Å²) in [5.74, 6) is -10.4. The van der Waals surface area contributed by atoms with Gasteiger partial charge in [0.05, 0.1) is 31.8 Å². The highest BCUT2D eigenvalue weighted by molar-refractivity contribution is 5.98. The van der Waals surface area contributed by atoms with Gasteiger partial charge in [0.1, 0.15) is 42.0 Å². The topological polar surface area (TPSA) is 388 Å². The number of nitrogens with zero attached hydrogens (tertiary/aromatic N) is 2. The van der Waals surface area contributed by atoms with Gasteiger partial charge in [-0.1, -0.05) is 32.4 Å². The lowest BCUT2D eigenvalue weighted by atomic mass is 9.97. The highest BCUT2D eigenvalue weighted by Gasteiger charge is 2.39. The number of aromatic hydroxyl groups is 1. The minimum atomic E-state index is -1.83. The zero-order valence-electron chi connectivity index (χ0n) is 34.9. The normalized spacial score (nSPS) is 16.7. The molecule has 344 valence electrons. The van der Waals surface area contributed by atoms with Gasteiger partial charge in [-0.2, -0.15) is 0 Å². The van der Waals surface area contributed by atoms with Crippen LogP contribution < -0.4 is 43.4 Å². The summed E-state index contributed by atoms with van der Waals surface area (Å²) in [4.78, 5) is 136. The molecule has 0 saturated carbocycles. The number of benzene rings is 1. The van der Waals surface area contributed by atoms with Crippen LogP contribution in [0.4, 0.5) is 0 Å². The van der Waals surface area contributed by atoms with Crippen molar-refractivity contribution < 1.29 is 63.3 Å². The molecule has 24 nitrogen and oxygen atoms in total. The molecule has 0 aliphatic carbocycles. The van der Waals surface area contributed by atoms with Crippen LogP contribution in [0.2, 0.25) is 0 Å².